The highest BCUT2D eigenvalue weighted by Gasteiger charge is 2.14. The largest absolute Gasteiger partial charge is 0.396 e. The van der Waals surface area contributed by atoms with E-state index in [-0.39, 0.29) is 18.1 Å². The van der Waals surface area contributed by atoms with E-state index in [1.54, 1.807) is 12.1 Å². The van der Waals surface area contributed by atoms with Crippen molar-refractivity contribution in [2.24, 2.45) is 0 Å². The van der Waals surface area contributed by atoms with Gasteiger partial charge in [0.1, 0.15) is 0 Å². The Kier molecular flexibility index (Phi) is 5.97. The molecule has 1 aromatic carbocycles. The van der Waals surface area contributed by atoms with Gasteiger partial charge in [-0.1, -0.05) is 17.7 Å². The van der Waals surface area contributed by atoms with Gasteiger partial charge in [-0.3, -0.25) is 4.18 Å². The van der Waals surface area contributed by atoms with Crippen molar-refractivity contribution < 1.29 is 17.7 Å². The molecule has 0 atom stereocenters. The molecule has 0 aliphatic carbocycles. The number of aliphatic hydroxyl groups is 1. The Morgan fingerprint density at radius 2 is 1.88 bits per heavy atom. The highest BCUT2D eigenvalue weighted by atomic mass is 32.2. The first-order valence-corrected chi connectivity index (χ1v) is 7.77. The Bertz CT molecular complexity index is 425. The number of aliphatic hydroxyl groups excluding tert-OH is 1. The highest BCUT2D eigenvalue weighted by Crippen LogP contribution is 2.13. The van der Waals surface area contributed by atoms with Gasteiger partial charge in [-0.25, -0.2) is 0 Å². The minimum atomic E-state index is -3.64. The minimum absolute atomic E-state index is 0.0926. The maximum Gasteiger partial charge on any atom is 0.296 e. The lowest BCUT2D eigenvalue weighted by molar-refractivity contribution is 0.322. The van der Waals surface area contributed by atoms with Crippen molar-refractivity contribution in [1.29, 1.82) is 0 Å². The van der Waals surface area contributed by atoms with E-state index in [1.807, 2.05) is 6.92 Å². The first-order valence-electron chi connectivity index (χ1n) is 5.21. The SMILES string of the molecule is Cc1ccc(S(=O)(=O)OCCSCCO)cc1. The first-order chi connectivity index (χ1) is 8.06. The van der Waals surface area contributed by atoms with Gasteiger partial charge >= 0.3 is 0 Å². The summed E-state index contributed by atoms with van der Waals surface area (Å²) < 4.78 is 28.3. The van der Waals surface area contributed by atoms with E-state index in [1.165, 1.54) is 23.9 Å². The third-order valence-electron chi connectivity index (χ3n) is 2.01. The van der Waals surface area contributed by atoms with Crippen LogP contribution in [0.3, 0.4) is 0 Å². The van der Waals surface area contributed by atoms with E-state index in [4.69, 9.17) is 9.29 Å². The molecule has 1 aromatic rings. The molecule has 4 nitrogen and oxygen atoms in total. The van der Waals surface area contributed by atoms with Crippen molar-refractivity contribution in [2.75, 3.05) is 24.7 Å². The fourth-order valence-corrected chi connectivity index (χ4v) is 2.69. The summed E-state index contributed by atoms with van der Waals surface area (Å²) in [5.41, 5.74) is 1.00. The molecule has 0 amide bonds. The van der Waals surface area contributed by atoms with E-state index in [9.17, 15) is 8.42 Å². The third-order valence-corrected chi connectivity index (χ3v) is 4.26. The van der Waals surface area contributed by atoms with Crippen molar-refractivity contribution in [1.82, 2.24) is 0 Å². The van der Waals surface area contributed by atoms with Crippen LogP contribution >= 0.6 is 11.8 Å². The molecule has 0 heterocycles. The lowest BCUT2D eigenvalue weighted by Crippen LogP contribution is -2.09. The van der Waals surface area contributed by atoms with Crippen LogP contribution in [0.5, 0.6) is 0 Å². The van der Waals surface area contributed by atoms with Crippen LogP contribution in [0.15, 0.2) is 29.2 Å². The number of hydrogen-bond acceptors (Lipinski definition) is 5. The molecule has 0 spiro atoms. The second-order valence-electron chi connectivity index (χ2n) is 3.43. The van der Waals surface area contributed by atoms with Crippen LogP contribution in [0.4, 0.5) is 0 Å². The summed E-state index contributed by atoms with van der Waals surface area (Å²) >= 11 is 1.45. The van der Waals surface area contributed by atoms with Gasteiger partial charge in [0, 0.05) is 11.5 Å². The zero-order valence-corrected chi connectivity index (χ0v) is 11.3. The van der Waals surface area contributed by atoms with E-state index in [0.717, 1.165) is 5.56 Å². The normalized spacial score (nSPS) is 11.6. The van der Waals surface area contributed by atoms with Gasteiger partial charge in [0.05, 0.1) is 18.1 Å². The molecule has 6 heteroatoms. The van der Waals surface area contributed by atoms with Crippen LogP contribution in [0.2, 0.25) is 0 Å². The number of hydrogen-bond donors (Lipinski definition) is 1. The molecule has 0 unspecified atom stereocenters. The molecule has 0 radical (unpaired) electrons. The standard InChI is InChI=1S/C11H16O4S2/c1-10-2-4-11(5-3-10)17(13,14)15-7-9-16-8-6-12/h2-5,12H,6-9H2,1H3. The summed E-state index contributed by atoms with van der Waals surface area (Å²) in [6.45, 7) is 2.11. The average molecular weight is 276 g/mol. The van der Waals surface area contributed by atoms with Gasteiger partial charge in [0.2, 0.25) is 0 Å². The molecule has 0 aliphatic heterocycles. The highest BCUT2D eigenvalue weighted by molar-refractivity contribution is 7.99. The second-order valence-corrected chi connectivity index (χ2v) is 6.27. The molecule has 17 heavy (non-hydrogen) atoms. The van der Waals surface area contributed by atoms with Gasteiger partial charge in [-0.15, -0.1) is 0 Å². The van der Waals surface area contributed by atoms with Gasteiger partial charge < -0.3 is 5.11 Å². The maximum atomic E-state index is 11.7. The lowest BCUT2D eigenvalue weighted by Gasteiger charge is -2.05. The zero-order valence-electron chi connectivity index (χ0n) is 9.63. The van der Waals surface area contributed by atoms with Gasteiger partial charge in [0.15, 0.2) is 0 Å². The maximum absolute atomic E-state index is 11.7. The molecule has 0 fully saturated rings. The Morgan fingerprint density at radius 3 is 2.47 bits per heavy atom. The molecule has 96 valence electrons. The van der Waals surface area contributed by atoms with Crippen molar-refractivity contribution in [3.63, 3.8) is 0 Å². The number of aryl methyl sites for hydroxylation is 1. The Labute approximate surface area is 106 Å². The fraction of sp³-hybridized carbons (Fsp3) is 0.455. The van der Waals surface area contributed by atoms with Gasteiger partial charge in [-0.05, 0) is 19.1 Å². The molecule has 0 bridgehead atoms. The Morgan fingerprint density at radius 1 is 1.24 bits per heavy atom. The number of rotatable bonds is 7. The number of benzene rings is 1. The van der Waals surface area contributed by atoms with E-state index in [2.05, 4.69) is 0 Å². The van der Waals surface area contributed by atoms with Crippen LogP contribution in [-0.2, 0) is 14.3 Å². The predicted molar refractivity (Wildman–Crippen MR) is 68.7 cm³/mol. The van der Waals surface area contributed by atoms with Crippen LogP contribution < -0.4 is 0 Å². The predicted octanol–water partition coefficient (Wildman–Crippen LogP) is 1.43. The first kappa shape index (κ1) is 14.5. The van der Waals surface area contributed by atoms with Crippen molar-refractivity contribution in [3.05, 3.63) is 29.8 Å². The summed E-state index contributed by atoms with van der Waals surface area (Å²) in [5.74, 6) is 1.14. The summed E-state index contributed by atoms with van der Waals surface area (Å²) in [4.78, 5) is 0.176. The molecule has 0 saturated carbocycles. The Balaban J connectivity index is 2.48. The zero-order chi connectivity index (χ0) is 12.7. The molecule has 0 saturated heterocycles. The summed E-state index contributed by atoms with van der Waals surface area (Å²) in [7, 11) is -3.64. The minimum Gasteiger partial charge on any atom is -0.396 e. The number of thioether (sulfide) groups is 1. The molecule has 1 rings (SSSR count). The van der Waals surface area contributed by atoms with Crippen molar-refractivity contribution in [3.8, 4) is 0 Å². The summed E-state index contributed by atoms with van der Waals surface area (Å²) in [6, 6.07) is 6.53. The van der Waals surface area contributed by atoms with E-state index < -0.39 is 10.1 Å². The summed E-state index contributed by atoms with van der Waals surface area (Å²) in [5, 5.41) is 8.55. The van der Waals surface area contributed by atoms with Gasteiger partial charge in [0.25, 0.3) is 10.1 Å². The van der Waals surface area contributed by atoms with Crippen LogP contribution in [0.1, 0.15) is 5.56 Å². The molecule has 0 aliphatic rings. The molecular weight excluding hydrogens is 260 g/mol. The summed E-state index contributed by atoms with van der Waals surface area (Å²) in [6.07, 6.45) is 0. The van der Waals surface area contributed by atoms with Crippen LogP contribution in [0, 0.1) is 6.92 Å². The molecule has 1 N–H and O–H groups in total. The quantitative estimate of drug-likeness (QED) is 0.603. The second kappa shape index (κ2) is 7.00. The fourth-order valence-electron chi connectivity index (χ4n) is 1.14. The van der Waals surface area contributed by atoms with Crippen LogP contribution in [0.25, 0.3) is 0 Å². The van der Waals surface area contributed by atoms with E-state index >= 15 is 0 Å². The lowest BCUT2D eigenvalue weighted by atomic mass is 10.2. The van der Waals surface area contributed by atoms with E-state index in [0.29, 0.717) is 11.5 Å². The molecule has 0 aromatic heterocycles. The van der Waals surface area contributed by atoms with Gasteiger partial charge in [-0.2, -0.15) is 20.2 Å². The Hall–Kier alpha value is -0.560. The van der Waals surface area contributed by atoms with Crippen molar-refractivity contribution in [2.45, 2.75) is 11.8 Å². The molecular formula is C11H16O4S2. The van der Waals surface area contributed by atoms with Crippen molar-refractivity contribution >= 4 is 21.9 Å². The average Bonchev–Trinajstić information content (AvgIpc) is 2.29. The topological polar surface area (TPSA) is 63.6 Å². The monoisotopic (exact) mass is 276 g/mol. The third kappa shape index (κ3) is 5.08. The van der Waals surface area contributed by atoms with Crippen LogP contribution in [-0.4, -0.2) is 38.2 Å². The smallest absolute Gasteiger partial charge is 0.296 e.